The van der Waals surface area contributed by atoms with Crippen molar-refractivity contribution in [1.82, 2.24) is 24.5 Å². The number of hydrogen-bond acceptors (Lipinski definition) is 10. The molecule has 0 aliphatic carbocycles. The van der Waals surface area contributed by atoms with Gasteiger partial charge in [-0.25, -0.2) is 9.78 Å². The number of fused-ring (bicyclic) bond motifs is 3. The molecule has 14 heteroatoms. The van der Waals surface area contributed by atoms with E-state index in [1.165, 1.54) is 0 Å². The maximum Gasteiger partial charge on any atom is 0.410 e. The summed E-state index contributed by atoms with van der Waals surface area (Å²) in [5, 5.41) is 24.4. The molecule has 3 aromatic heterocycles. The van der Waals surface area contributed by atoms with Crippen molar-refractivity contribution in [2.24, 2.45) is 0 Å². The lowest BCUT2D eigenvalue weighted by Gasteiger charge is -2.39. The highest BCUT2D eigenvalue weighted by atomic mass is 28.3. The molecular weight excluding hydrogens is 681 g/mol. The number of aliphatic hydroxyl groups excluding tert-OH is 2. The highest BCUT2D eigenvalue weighted by Crippen LogP contribution is 2.44. The fraction of sp³-hybridized carbons (Fsp3) is 0.676. The Kier molecular flexibility index (Phi) is 12.3. The van der Waals surface area contributed by atoms with Gasteiger partial charge < -0.3 is 34.2 Å². The molecule has 5 heterocycles. The van der Waals surface area contributed by atoms with E-state index in [4.69, 9.17) is 24.3 Å². The molecule has 0 aromatic carbocycles. The molecule has 2 aliphatic rings. The van der Waals surface area contributed by atoms with Gasteiger partial charge in [0.05, 0.1) is 18.5 Å². The van der Waals surface area contributed by atoms with Crippen molar-refractivity contribution in [3.8, 4) is 11.1 Å². The average Bonchev–Trinajstić information content (AvgIpc) is 3.59. The van der Waals surface area contributed by atoms with Crippen LogP contribution in [0.4, 0.5) is 10.6 Å². The predicted molar refractivity (Wildman–Crippen MR) is 206 cm³/mol. The van der Waals surface area contributed by atoms with Crippen LogP contribution in [-0.4, -0.2) is 108 Å². The Morgan fingerprint density at radius 2 is 1.59 bits per heavy atom. The molecule has 51 heavy (non-hydrogen) atoms. The molecule has 0 spiro atoms. The highest BCUT2D eigenvalue weighted by molar-refractivity contribution is 6.76. The van der Waals surface area contributed by atoms with Crippen LogP contribution in [0.2, 0.25) is 51.4 Å². The van der Waals surface area contributed by atoms with Crippen LogP contribution in [0.1, 0.15) is 69.9 Å². The molecule has 3 aromatic rings. The van der Waals surface area contributed by atoms with Gasteiger partial charge in [0.1, 0.15) is 31.0 Å². The lowest BCUT2D eigenvalue weighted by atomic mass is 9.88. The second-order valence-corrected chi connectivity index (χ2v) is 28.9. The Labute approximate surface area is 305 Å². The summed E-state index contributed by atoms with van der Waals surface area (Å²) >= 11 is 0. The number of hydrogen-bond donors (Lipinski definition) is 2. The number of amides is 1. The zero-order chi connectivity index (χ0) is 37.1. The van der Waals surface area contributed by atoms with Gasteiger partial charge in [0.25, 0.3) is 0 Å². The van der Waals surface area contributed by atoms with E-state index in [0.29, 0.717) is 38.0 Å². The van der Waals surface area contributed by atoms with Crippen LogP contribution >= 0.6 is 0 Å². The van der Waals surface area contributed by atoms with Crippen molar-refractivity contribution in [1.29, 1.82) is 0 Å². The third-order valence-electron chi connectivity index (χ3n) is 9.65. The van der Waals surface area contributed by atoms with Gasteiger partial charge in [0, 0.05) is 76.4 Å². The van der Waals surface area contributed by atoms with E-state index >= 15 is 0 Å². The second kappa shape index (κ2) is 16.0. The number of nitrogens with zero attached hydrogens (tertiary/aromatic N) is 6. The van der Waals surface area contributed by atoms with E-state index in [1.54, 1.807) is 18.5 Å². The maximum absolute atomic E-state index is 13.3. The van der Waals surface area contributed by atoms with Gasteiger partial charge in [-0.15, -0.1) is 0 Å². The maximum atomic E-state index is 13.3. The normalized spacial score (nSPS) is 20.2. The van der Waals surface area contributed by atoms with Crippen LogP contribution < -0.4 is 4.90 Å². The van der Waals surface area contributed by atoms with Gasteiger partial charge in [-0.1, -0.05) is 45.3 Å². The van der Waals surface area contributed by atoms with E-state index in [1.807, 2.05) is 36.3 Å². The Hall–Kier alpha value is -2.89. The summed E-state index contributed by atoms with van der Waals surface area (Å²) in [4.78, 5) is 27.1. The summed E-state index contributed by atoms with van der Waals surface area (Å²) in [6, 6.07) is 8.05. The molecular formula is C37H60N6O6Si2. The second-order valence-electron chi connectivity index (χ2n) is 17.7. The number of aromatic nitrogens is 4. The molecule has 0 radical (unpaired) electrons. The zero-order valence-electron chi connectivity index (χ0n) is 32.2. The van der Waals surface area contributed by atoms with Crippen LogP contribution in [0.5, 0.6) is 0 Å². The fourth-order valence-corrected chi connectivity index (χ4v) is 8.28. The first-order valence-electron chi connectivity index (χ1n) is 18.5. The van der Waals surface area contributed by atoms with Crippen LogP contribution in [0.3, 0.4) is 0 Å². The molecule has 2 N–H and O–H groups in total. The monoisotopic (exact) mass is 740 g/mol. The first-order valence-corrected chi connectivity index (χ1v) is 25.9. The molecule has 1 unspecified atom stereocenters. The topological polar surface area (TPSA) is 135 Å². The van der Waals surface area contributed by atoms with Gasteiger partial charge in [-0.2, -0.15) is 9.61 Å². The highest BCUT2D eigenvalue weighted by Gasteiger charge is 2.45. The minimum atomic E-state index is -1.29. The molecule has 282 valence electrons. The summed E-state index contributed by atoms with van der Waals surface area (Å²) in [6.45, 7) is 21.5. The standard InChI is InChI=1S/C37H60N6O6Si2/c1-37(2,3)49-36(46)42-28-11-12-29(42)19-27(18-28)32-20-34(41(24-47-14-16-50(4,5)6)25-48-15-17-51(7,8)9)43-35(40-32)30(22-39-43)26-10-13-31(38-21-26)33(45)23-44/h10,13,20-22,27-29,33,44-45H,11-12,14-19,23-25H2,1-9H3/t27-,28+,29-,33?. The summed E-state index contributed by atoms with van der Waals surface area (Å²) in [5.41, 5.74) is 3.11. The minimum Gasteiger partial charge on any atom is -0.444 e. The van der Waals surface area contributed by atoms with Crippen molar-refractivity contribution in [3.05, 3.63) is 42.0 Å². The predicted octanol–water partition coefficient (Wildman–Crippen LogP) is 6.89. The Morgan fingerprint density at radius 1 is 0.980 bits per heavy atom. The zero-order valence-corrected chi connectivity index (χ0v) is 34.2. The van der Waals surface area contributed by atoms with Gasteiger partial charge in [0.15, 0.2) is 5.65 Å². The van der Waals surface area contributed by atoms with Crippen molar-refractivity contribution < 1.29 is 29.2 Å². The molecule has 2 fully saturated rings. The van der Waals surface area contributed by atoms with Gasteiger partial charge in [-0.3, -0.25) is 4.98 Å². The lowest BCUT2D eigenvalue weighted by Crippen LogP contribution is -2.48. The van der Waals surface area contributed by atoms with E-state index in [2.05, 4.69) is 55.2 Å². The van der Waals surface area contributed by atoms with E-state index in [0.717, 1.165) is 60.4 Å². The first kappa shape index (κ1) is 39.3. The van der Waals surface area contributed by atoms with Crippen LogP contribution in [0.15, 0.2) is 30.6 Å². The van der Waals surface area contributed by atoms with E-state index < -0.39 is 34.5 Å². The van der Waals surface area contributed by atoms with Gasteiger partial charge in [-0.05, 0) is 64.6 Å². The van der Waals surface area contributed by atoms with Crippen molar-refractivity contribution in [2.75, 3.05) is 38.2 Å². The molecule has 4 atom stereocenters. The third kappa shape index (κ3) is 10.4. The van der Waals surface area contributed by atoms with Gasteiger partial charge >= 0.3 is 6.09 Å². The smallest absolute Gasteiger partial charge is 0.410 e. The van der Waals surface area contributed by atoms with Crippen LogP contribution in [0, 0.1) is 0 Å². The number of aliphatic hydroxyl groups is 2. The molecule has 2 aliphatic heterocycles. The fourth-order valence-electron chi connectivity index (χ4n) is 6.77. The van der Waals surface area contributed by atoms with E-state index in [-0.39, 0.29) is 24.1 Å². The van der Waals surface area contributed by atoms with Crippen LogP contribution in [-0.2, 0) is 14.2 Å². The number of carbonyl (C=O) groups is 1. The molecule has 12 nitrogen and oxygen atoms in total. The summed E-state index contributed by atoms with van der Waals surface area (Å²) in [7, 11) is -2.58. The van der Waals surface area contributed by atoms with Crippen molar-refractivity contribution >= 4 is 33.7 Å². The molecule has 0 saturated carbocycles. The quantitative estimate of drug-likeness (QED) is 0.0964. The number of pyridine rings is 1. The SMILES string of the molecule is CC(C)(C)OC(=O)N1[C@@H]2CC[C@H]1C[C@@H](c1cc(N(COCC[Si](C)(C)C)COCC[Si](C)(C)C)n3ncc(-c4ccc(C(O)CO)nc4)c3n1)C2. The van der Waals surface area contributed by atoms with Crippen LogP contribution in [0.25, 0.3) is 16.8 Å². The molecule has 5 rings (SSSR count). The van der Waals surface area contributed by atoms with Crippen molar-refractivity contribution in [3.63, 3.8) is 0 Å². The number of anilines is 1. The molecule has 1 amide bonds. The summed E-state index contributed by atoms with van der Waals surface area (Å²) in [6.07, 6.45) is 5.73. The Morgan fingerprint density at radius 3 is 2.10 bits per heavy atom. The van der Waals surface area contributed by atoms with E-state index in [9.17, 15) is 15.0 Å². The molecule has 2 saturated heterocycles. The number of rotatable bonds is 15. The number of ether oxygens (including phenoxy) is 3. The third-order valence-corrected chi connectivity index (χ3v) is 13.1. The summed E-state index contributed by atoms with van der Waals surface area (Å²) < 4.78 is 20.4. The molecule has 2 bridgehead atoms. The van der Waals surface area contributed by atoms with Crippen molar-refractivity contribution in [2.45, 2.75) is 128 Å². The lowest BCUT2D eigenvalue weighted by molar-refractivity contribution is 0.00568. The number of piperidine rings is 1. The Bertz CT molecular complexity index is 1580. The minimum absolute atomic E-state index is 0.0926. The first-order chi connectivity index (χ1) is 23.9. The number of carbonyl (C=O) groups excluding carboxylic acids is 1. The Balaban J connectivity index is 1.52. The average molecular weight is 741 g/mol. The largest absolute Gasteiger partial charge is 0.444 e. The summed E-state index contributed by atoms with van der Waals surface area (Å²) in [5.74, 6) is 0.972. The van der Waals surface area contributed by atoms with Gasteiger partial charge in [0.2, 0.25) is 0 Å².